The van der Waals surface area contributed by atoms with E-state index < -0.39 is 23.6 Å². The van der Waals surface area contributed by atoms with Gasteiger partial charge in [0.05, 0.1) is 0 Å². The molecule has 0 spiro atoms. The van der Waals surface area contributed by atoms with Gasteiger partial charge in [0, 0.05) is 22.3 Å². The van der Waals surface area contributed by atoms with Crippen LogP contribution in [0.1, 0.15) is 11.6 Å². The molecule has 0 aromatic heterocycles. The van der Waals surface area contributed by atoms with Gasteiger partial charge in [0.25, 0.3) is 0 Å². The highest BCUT2D eigenvalue weighted by Crippen LogP contribution is 2.23. The van der Waals surface area contributed by atoms with Crippen molar-refractivity contribution in [2.45, 2.75) is 6.04 Å². The monoisotopic (exact) mass is 296 g/mol. The molecule has 0 aliphatic heterocycles. The summed E-state index contributed by atoms with van der Waals surface area (Å²) in [6.07, 6.45) is 0. The molecule has 104 valence electrons. The van der Waals surface area contributed by atoms with Gasteiger partial charge in [-0.1, -0.05) is 17.7 Å². The van der Waals surface area contributed by atoms with Gasteiger partial charge in [-0.25, -0.2) is 8.78 Å². The predicted octanol–water partition coefficient (Wildman–Crippen LogP) is 3.26. The molecule has 0 bridgehead atoms. The maximum Gasteiger partial charge on any atom is 0.244 e. The summed E-state index contributed by atoms with van der Waals surface area (Å²) in [5.41, 5.74) is 5.79. The molecule has 2 rings (SSSR count). The lowest BCUT2D eigenvalue weighted by molar-refractivity contribution is -0.118. The van der Waals surface area contributed by atoms with Crippen LogP contribution < -0.4 is 11.1 Å². The number of primary amides is 1. The van der Waals surface area contributed by atoms with E-state index in [0.717, 1.165) is 6.07 Å². The van der Waals surface area contributed by atoms with E-state index in [-0.39, 0.29) is 5.56 Å². The highest BCUT2D eigenvalue weighted by molar-refractivity contribution is 6.30. The minimum atomic E-state index is -1.10. The Hall–Kier alpha value is -2.14. The van der Waals surface area contributed by atoms with Crippen LogP contribution in [0.25, 0.3) is 0 Å². The van der Waals surface area contributed by atoms with Gasteiger partial charge in [-0.15, -0.1) is 0 Å². The Balaban J connectivity index is 2.31. The number of nitrogens with one attached hydrogen (secondary N) is 1. The van der Waals surface area contributed by atoms with Gasteiger partial charge in [0.1, 0.15) is 17.7 Å². The van der Waals surface area contributed by atoms with Gasteiger partial charge < -0.3 is 11.1 Å². The first-order valence-electron chi connectivity index (χ1n) is 5.74. The number of hydrogen-bond donors (Lipinski definition) is 2. The fourth-order valence-corrected chi connectivity index (χ4v) is 1.88. The van der Waals surface area contributed by atoms with Crippen LogP contribution in [-0.4, -0.2) is 5.91 Å². The molecule has 0 heterocycles. The zero-order valence-electron chi connectivity index (χ0n) is 10.2. The third-order valence-electron chi connectivity index (χ3n) is 2.71. The number of nitrogens with two attached hydrogens (primary N) is 1. The van der Waals surface area contributed by atoms with Gasteiger partial charge in [-0.2, -0.15) is 0 Å². The molecule has 2 aromatic carbocycles. The van der Waals surface area contributed by atoms with E-state index in [1.54, 1.807) is 24.3 Å². The minimum Gasteiger partial charge on any atom is -0.370 e. The van der Waals surface area contributed by atoms with Crippen molar-refractivity contribution in [3.63, 3.8) is 0 Å². The second-order valence-electron chi connectivity index (χ2n) is 4.15. The molecule has 3 nitrogen and oxygen atoms in total. The van der Waals surface area contributed by atoms with Gasteiger partial charge in [-0.05, 0) is 30.3 Å². The number of carbonyl (C=O) groups is 1. The average Bonchev–Trinajstić information content (AvgIpc) is 2.39. The van der Waals surface area contributed by atoms with Crippen molar-refractivity contribution in [1.82, 2.24) is 0 Å². The smallest absolute Gasteiger partial charge is 0.244 e. The summed E-state index contributed by atoms with van der Waals surface area (Å²) in [6.45, 7) is 0. The van der Waals surface area contributed by atoms with Crippen LogP contribution in [0.5, 0.6) is 0 Å². The van der Waals surface area contributed by atoms with E-state index in [4.69, 9.17) is 17.3 Å². The van der Waals surface area contributed by atoms with E-state index in [0.29, 0.717) is 16.8 Å². The summed E-state index contributed by atoms with van der Waals surface area (Å²) in [4.78, 5) is 11.5. The molecule has 0 saturated heterocycles. The molecule has 3 N–H and O–H groups in total. The predicted molar refractivity (Wildman–Crippen MR) is 73.4 cm³/mol. The van der Waals surface area contributed by atoms with Crippen molar-refractivity contribution in [2.24, 2.45) is 5.73 Å². The summed E-state index contributed by atoms with van der Waals surface area (Å²) in [7, 11) is 0. The first-order chi connectivity index (χ1) is 9.47. The Labute approximate surface area is 119 Å². The number of halogens is 3. The lowest BCUT2D eigenvalue weighted by Gasteiger charge is -2.17. The van der Waals surface area contributed by atoms with Crippen molar-refractivity contribution >= 4 is 23.2 Å². The molecule has 1 unspecified atom stereocenters. The van der Waals surface area contributed by atoms with Crippen LogP contribution in [0.4, 0.5) is 14.5 Å². The van der Waals surface area contributed by atoms with Crippen molar-refractivity contribution in [1.29, 1.82) is 0 Å². The van der Waals surface area contributed by atoms with Gasteiger partial charge >= 0.3 is 0 Å². The fraction of sp³-hybridized carbons (Fsp3) is 0.0714. The van der Waals surface area contributed by atoms with E-state index in [1.807, 2.05) is 0 Å². The van der Waals surface area contributed by atoms with Crippen LogP contribution in [0.15, 0.2) is 42.5 Å². The molecule has 0 radical (unpaired) electrons. The van der Waals surface area contributed by atoms with Crippen LogP contribution in [-0.2, 0) is 4.79 Å². The van der Waals surface area contributed by atoms with E-state index in [9.17, 15) is 13.6 Å². The Morgan fingerprint density at radius 1 is 1.15 bits per heavy atom. The second kappa shape index (κ2) is 5.88. The number of benzene rings is 2. The summed E-state index contributed by atoms with van der Waals surface area (Å²) >= 11 is 5.75. The quantitative estimate of drug-likeness (QED) is 0.910. The number of amides is 1. The first-order valence-corrected chi connectivity index (χ1v) is 6.11. The zero-order valence-corrected chi connectivity index (χ0v) is 11.0. The van der Waals surface area contributed by atoms with E-state index >= 15 is 0 Å². The molecular formula is C14H11ClF2N2O. The fourth-order valence-electron chi connectivity index (χ4n) is 1.75. The van der Waals surface area contributed by atoms with Gasteiger partial charge in [-0.3, -0.25) is 4.79 Å². The SMILES string of the molecule is NC(=O)C(Nc1ccc(Cl)cc1)c1ccc(F)cc1F. The van der Waals surface area contributed by atoms with Crippen molar-refractivity contribution in [3.05, 3.63) is 64.7 Å². The molecule has 20 heavy (non-hydrogen) atoms. The van der Waals surface area contributed by atoms with Crippen molar-refractivity contribution < 1.29 is 13.6 Å². The Morgan fingerprint density at radius 2 is 1.80 bits per heavy atom. The number of anilines is 1. The van der Waals surface area contributed by atoms with E-state index in [1.165, 1.54) is 6.07 Å². The average molecular weight is 297 g/mol. The topological polar surface area (TPSA) is 55.1 Å². The maximum absolute atomic E-state index is 13.7. The highest BCUT2D eigenvalue weighted by Gasteiger charge is 2.21. The first kappa shape index (κ1) is 14.3. The maximum atomic E-state index is 13.7. The van der Waals surface area contributed by atoms with Gasteiger partial charge in [0.2, 0.25) is 5.91 Å². The molecule has 0 saturated carbocycles. The normalized spacial score (nSPS) is 11.9. The standard InChI is InChI=1S/C14H11ClF2N2O/c15-8-1-4-10(5-2-8)19-13(14(18)20)11-6-3-9(16)7-12(11)17/h1-7,13,19H,(H2,18,20). The molecule has 6 heteroatoms. The van der Waals surface area contributed by atoms with Crippen molar-refractivity contribution in [3.8, 4) is 0 Å². The Bertz CT molecular complexity index is 632. The van der Waals surface area contributed by atoms with Crippen LogP contribution in [0, 0.1) is 11.6 Å². The lowest BCUT2D eigenvalue weighted by atomic mass is 10.0. The molecular weight excluding hydrogens is 286 g/mol. The lowest BCUT2D eigenvalue weighted by Crippen LogP contribution is -2.28. The molecule has 1 amide bonds. The highest BCUT2D eigenvalue weighted by atomic mass is 35.5. The molecule has 0 fully saturated rings. The molecule has 1 atom stereocenters. The molecule has 0 aliphatic carbocycles. The molecule has 2 aromatic rings. The van der Waals surface area contributed by atoms with Crippen molar-refractivity contribution in [2.75, 3.05) is 5.32 Å². The summed E-state index contributed by atoms with van der Waals surface area (Å²) < 4.78 is 26.6. The van der Waals surface area contributed by atoms with Crippen LogP contribution >= 0.6 is 11.6 Å². The second-order valence-corrected chi connectivity index (χ2v) is 4.59. The third-order valence-corrected chi connectivity index (χ3v) is 2.97. The van der Waals surface area contributed by atoms with Crippen LogP contribution in [0.2, 0.25) is 5.02 Å². The van der Waals surface area contributed by atoms with Gasteiger partial charge in [0.15, 0.2) is 0 Å². The zero-order chi connectivity index (χ0) is 14.7. The number of rotatable bonds is 4. The Morgan fingerprint density at radius 3 is 2.35 bits per heavy atom. The third kappa shape index (κ3) is 3.24. The van der Waals surface area contributed by atoms with E-state index in [2.05, 4.69) is 5.32 Å². The molecule has 0 aliphatic rings. The minimum absolute atomic E-state index is 0.0196. The van der Waals surface area contributed by atoms with Crippen LogP contribution in [0.3, 0.4) is 0 Å². The summed E-state index contributed by atoms with van der Waals surface area (Å²) in [5, 5.41) is 3.31. The summed E-state index contributed by atoms with van der Waals surface area (Å²) in [6, 6.07) is 8.33. The Kier molecular flexibility index (Phi) is 4.20. The number of hydrogen-bond acceptors (Lipinski definition) is 2. The largest absolute Gasteiger partial charge is 0.370 e. The summed E-state index contributed by atoms with van der Waals surface area (Å²) in [5.74, 6) is -2.33. The number of carbonyl (C=O) groups excluding carboxylic acids is 1.